The minimum atomic E-state index is -1.09. The molecule has 2 fully saturated rings. The van der Waals surface area contributed by atoms with E-state index in [1.54, 1.807) is 0 Å². The topological polar surface area (TPSA) is 37.3 Å². The van der Waals surface area contributed by atoms with Crippen molar-refractivity contribution in [3.05, 3.63) is 0 Å². The van der Waals surface area contributed by atoms with Crippen molar-refractivity contribution in [2.75, 3.05) is 0 Å². The zero-order chi connectivity index (χ0) is 13.3. The number of carbonyl (C=O) groups is 1. The first kappa shape index (κ1) is 14.6. The van der Waals surface area contributed by atoms with Gasteiger partial charge in [0.1, 0.15) is 0 Å². The summed E-state index contributed by atoms with van der Waals surface area (Å²) in [5.74, 6) is 0.842. The summed E-state index contributed by atoms with van der Waals surface area (Å²) < 4.78 is -1.09. The summed E-state index contributed by atoms with van der Waals surface area (Å²) >= 11 is 12.1. The van der Waals surface area contributed by atoms with Crippen molar-refractivity contribution in [2.24, 2.45) is 17.8 Å². The van der Waals surface area contributed by atoms with Gasteiger partial charge >= 0.3 is 0 Å². The van der Waals surface area contributed by atoms with Gasteiger partial charge in [0.05, 0.1) is 6.10 Å². The Morgan fingerprint density at radius 3 is 2.78 bits per heavy atom. The van der Waals surface area contributed by atoms with Crippen LogP contribution in [0, 0.1) is 17.8 Å². The molecule has 4 atom stereocenters. The first-order valence-corrected chi connectivity index (χ1v) is 7.84. The fourth-order valence-electron chi connectivity index (χ4n) is 3.51. The summed E-state index contributed by atoms with van der Waals surface area (Å²) in [5, 5.41) is 9.48. The van der Waals surface area contributed by atoms with Crippen molar-refractivity contribution in [1.29, 1.82) is 0 Å². The summed E-state index contributed by atoms with van der Waals surface area (Å²) in [6.07, 6.45) is 6.83. The molecule has 0 aliphatic heterocycles. The van der Waals surface area contributed by atoms with E-state index in [0.717, 1.165) is 44.9 Å². The monoisotopic (exact) mass is 292 g/mol. The van der Waals surface area contributed by atoms with Gasteiger partial charge in [-0.25, -0.2) is 0 Å². The first-order chi connectivity index (χ1) is 8.48. The molecule has 0 spiro atoms. The molecule has 2 rings (SSSR count). The van der Waals surface area contributed by atoms with Gasteiger partial charge in [-0.2, -0.15) is 0 Å². The fraction of sp³-hybridized carbons (Fsp3) is 0.929. The lowest BCUT2D eigenvalue weighted by atomic mass is 9.69. The van der Waals surface area contributed by atoms with Crippen LogP contribution in [0.15, 0.2) is 0 Å². The molecule has 104 valence electrons. The van der Waals surface area contributed by atoms with Gasteiger partial charge in [0, 0.05) is 11.8 Å². The van der Waals surface area contributed by atoms with Gasteiger partial charge in [-0.1, -0.05) is 43.0 Å². The summed E-state index contributed by atoms with van der Waals surface area (Å²) in [6, 6.07) is 0. The number of alkyl halides is 2. The zero-order valence-electron chi connectivity index (χ0n) is 10.9. The third-order valence-electron chi connectivity index (χ3n) is 4.72. The minimum Gasteiger partial charge on any atom is -0.393 e. The second kappa shape index (κ2) is 5.68. The zero-order valence-corrected chi connectivity index (χ0v) is 12.4. The van der Waals surface area contributed by atoms with Crippen LogP contribution in [0.4, 0.5) is 0 Å². The van der Waals surface area contributed by atoms with Gasteiger partial charge in [0.2, 0.25) is 0 Å². The van der Waals surface area contributed by atoms with Crippen LogP contribution in [-0.4, -0.2) is 21.3 Å². The number of carbonyl (C=O) groups excluding carboxylic acids is 1. The average molecular weight is 293 g/mol. The second-order valence-electron chi connectivity index (χ2n) is 5.80. The van der Waals surface area contributed by atoms with E-state index in [0.29, 0.717) is 5.92 Å². The Kier molecular flexibility index (Phi) is 4.61. The molecule has 2 aliphatic rings. The van der Waals surface area contributed by atoms with Crippen LogP contribution in [0.3, 0.4) is 0 Å². The SMILES string of the molecule is CCC(O)CCCCC1CCC2C1C(=O)C2(Cl)Cl. The summed E-state index contributed by atoms with van der Waals surface area (Å²) in [7, 11) is 0. The molecule has 0 radical (unpaired) electrons. The molecule has 0 aromatic rings. The number of aliphatic hydroxyl groups is 1. The quantitative estimate of drug-likeness (QED) is 0.598. The first-order valence-electron chi connectivity index (χ1n) is 7.08. The van der Waals surface area contributed by atoms with Crippen LogP contribution in [0.2, 0.25) is 0 Å². The molecular weight excluding hydrogens is 271 g/mol. The molecular formula is C14H22Cl2O2. The molecule has 0 aromatic heterocycles. The summed E-state index contributed by atoms with van der Waals surface area (Å²) in [6.45, 7) is 2.00. The predicted molar refractivity (Wildman–Crippen MR) is 73.9 cm³/mol. The van der Waals surface area contributed by atoms with E-state index in [1.165, 1.54) is 0 Å². The number of halogens is 2. The number of aliphatic hydroxyl groups excluding tert-OH is 1. The maximum Gasteiger partial charge on any atom is 0.179 e. The number of Topliss-reactive ketones (excluding diaryl/α,β-unsaturated/α-hetero) is 1. The molecule has 18 heavy (non-hydrogen) atoms. The lowest BCUT2D eigenvalue weighted by Gasteiger charge is -2.43. The molecule has 1 N–H and O–H groups in total. The molecule has 0 bridgehead atoms. The molecule has 4 unspecified atom stereocenters. The normalized spacial score (nSPS) is 35.1. The largest absolute Gasteiger partial charge is 0.393 e. The van der Waals surface area contributed by atoms with Crippen molar-refractivity contribution in [2.45, 2.75) is 62.3 Å². The molecule has 2 aliphatic carbocycles. The van der Waals surface area contributed by atoms with Crippen molar-refractivity contribution >= 4 is 29.0 Å². The molecule has 0 aromatic carbocycles. The maximum absolute atomic E-state index is 11.9. The Balaban J connectivity index is 1.71. The van der Waals surface area contributed by atoms with E-state index in [2.05, 4.69) is 0 Å². The number of rotatable bonds is 6. The summed E-state index contributed by atoms with van der Waals surface area (Å²) in [4.78, 5) is 11.9. The third kappa shape index (κ3) is 2.57. The number of fused-ring (bicyclic) bond motifs is 1. The van der Waals surface area contributed by atoms with Gasteiger partial charge < -0.3 is 5.11 Å². The molecule has 0 amide bonds. The Labute approximate surface area is 119 Å². The van der Waals surface area contributed by atoms with E-state index >= 15 is 0 Å². The molecule has 2 saturated carbocycles. The highest BCUT2D eigenvalue weighted by atomic mass is 35.5. The van der Waals surface area contributed by atoms with E-state index in [9.17, 15) is 9.90 Å². The van der Waals surface area contributed by atoms with Crippen LogP contribution in [0.25, 0.3) is 0 Å². The highest BCUT2D eigenvalue weighted by Crippen LogP contribution is 2.59. The Hall–Kier alpha value is 0.210. The maximum atomic E-state index is 11.9. The number of hydrogen-bond donors (Lipinski definition) is 1. The van der Waals surface area contributed by atoms with Gasteiger partial charge in [-0.3, -0.25) is 4.79 Å². The van der Waals surface area contributed by atoms with Crippen molar-refractivity contribution in [3.8, 4) is 0 Å². The highest BCUT2D eigenvalue weighted by Gasteiger charge is 2.64. The van der Waals surface area contributed by atoms with Gasteiger partial charge in [-0.15, -0.1) is 0 Å². The number of unbranched alkanes of at least 4 members (excludes halogenated alkanes) is 1. The van der Waals surface area contributed by atoms with E-state index < -0.39 is 4.33 Å². The van der Waals surface area contributed by atoms with Crippen molar-refractivity contribution < 1.29 is 9.90 Å². The minimum absolute atomic E-state index is 0.0481. The fourth-order valence-corrected chi connectivity index (χ4v) is 4.25. The van der Waals surface area contributed by atoms with Crippen LogP contribution in [-0.2, 0) is 4.79 Å². The smallest absolute Gasteiger partial charge is 0.179 e. The van der Waals surface area contributed by atoms with Gasteiger partial charge in [0.25, 0.3) is 0 Å². The Bertz CT molecular complexity index is 317. The van der Waals surface area contributed by atoms with E-state index in [1.807, 2.05) is 6.92 Å². The summed E-state index contributed by atoms with van der Waals surface area (Å²) in [5.41, 5.74) is 0. The van der Waals surface area contributed by atoms with Gasteiger partial charge in [-0.05, 0) is 38.0 Å². The van der Waals surface area contributed by atoms with Gasteiger partial charge in [0.15, 0.2) is 10.1 Å². The standard InChI is InChI=1S/C14H22Cl2O2/c1-2-10(17)6-4-3-5-9-7-8-11-12(9)13(18)14(11,15)16/h9-12,17H,2-8H2,1H3. The number of hydrogen-bond acceptors (Lipinski definition) is 2. The molecule has 0 saturated heterocycles. The van der Waals surface area contributed by atoms with Crippen LogP contribution in [0.1, 0.15) is 51.9 Å². The Morgan fingerprint density at radius 1 is 1.39 bits per heavy atom. The van der Waals surface area contributed by atoms with Crippen LogP contribution in [0.5, 0.6) is 0 Å². The predicted octanol–water partition coefficient (Wildman–Crippen LogP) is 3.72. The number of ketones is 1. The lowest BCUT2D eigenvalue weighted by Crippen LogP contribution is -2.55. The van der Waals surface area contributed by atoms with Crippen LogP contribution < -0.4 is 0 Å². The van der Waals surface area contributed by atoms with Crippen molar-refractivity contribution in [3.63, 3.8) is 0 Å². The highest BCUT2D eigenvalue weighted by molar-refractivity contribution is 6.60. The third-order valence-corrected chi connectivity index (χ3v) is 5.65. The average Bonchev–Trinajstić information content (AvgIpc) is 2.75. The lowest BCUT2D eigenvalue weighted by molar-refractivity contribution is -0.135. The van der Waals surface area contributed by atoms with Crippen molar-refractivity contribution in [1.82, 2.24) is 0 Å². The second-order valence-corrected chi connectivity index (χ2v) is 7.19. The Morgan fingerprint density at radius 2 is 2.11 bits per heavy atom. The van der Waals surface area contributed by atoms with Crippen LogP contribution >= 0.6 is 23.2 Å². The molecule has 2 nitrogen and oxygen atoms in total. The van der Waals surface area contributed by atoms with E-state index in [-0.39, 0.29) is 23.7 Å². The van der Waals surface area contributed by atoms with E-state index in [4.69, 9.17) is 23.2 Å². The molecule has 0 heterocycles. The molecule has 4 heteroatoms.